The standard InChI is InChI=1S/C14H16N2O2/c1-15-7-11(15)13(17)9-4-3-5-10(6-9)14(18)12-8-16(12)2/h3-6,11-12H,7-8H2,1-2H3. The molecule has 0 aromatic heterocycles. The number of ketones is 2. The minimum atomic E-state index is 0.0129. The zero-order valence-corrected chi connectivity index (χ0v) is 10.6. The number of rotatable bonds is 4. The summed E-state index contributed by atoms with van der Waals surface area (Å²) in [7, 11) is 3.85. The first-order valence-corrected chi connectivity index (χ1v) is 6.17. The second-order valence-corrected chi connectivity index (χ2v) is 5.22. The molecule has 4 unspecified atom stereocenters. The molecule has 2 heterocycles. The van der Waals surface area contributed by atoms with Gasteiger partial charge in [0.2, 0.25) is 0 Å². The van der Waals surface area contributed by atoms with E-state index in [-0.39, 0.29) is 23.7 Å². The monoisotopic (exact) mass is 244 g/mol. The molecule has 3 rings (SSSR count). The predicted molar refractivity (Wildman–Crippen MR) is 67.9 cm³/mol. The maximum Gasteiger partial charge on any atom is 0.181 e. The van der Waals surface area contributed by atoms with Gasteiger partial charge in [0, 0.05) is 24.2 Å². The lowest BCUT2D eigenvalue weighted by molar-refractivity contribution is 0.0977. The molecule has 4 atom stereocenters. The van der Waals surface area contributed by atoms with Gasteiger partial charge in [0.25, 0.3) is 0 Å². The molecule has 2 saturated heterocycles. The molecule has 0 amide bonds. The molecular formula is C14H16N2O2. The summed E-state index contributed by atoms with van der Waals surface area (Å²) in [5.41, 5.74) is 1.30. The Morgan fingerprint density at radius 3 is 1.72 bits per heavy atom. The minimum absolute atomic E-state index is 0.0129. The lowest BCUT2D eigenvalue weighted by Gasteiger charge is -2.03. The van der Waals surface area contributed by atoms with Crippen molar-refractivity contribution in [3.05, 3.63) is 35.4 Å². The first kappa shape index (κ1) is 11.6. The molecule has 94 valence electrons. The molecule has 0 N–H and O–H groups in total. The summed E-state index contributed by atoms with van der Waals surface area (Å²) in [6.45, 7) is 1.64. The fraction of sp³-hybridized carbons (Fsp3) is 0.429. The van der Waals surface area contributed by atoms with Crippen molar-refractivity contribution in [2.45, 2.75) is 12.1 Å². The highest BCUT2D eigenvalue weighted by Crippen LogP contribution is 2.23. The van der Waals surface area contributed by atoms with E-state index in [1.165, 1.54) is 0 Å². The Bertz CT molecular complexity index is 483. The molecule has 0 radical (unpaired) electrons. The summed E-state index contributed by atoms with van der Waals surface area (Å²) in [5.74, 6) is 0.243. The van der Waals surface area contributed by atoms with Crippen LogP contribution in [-0.4, -0.2) is 60.6 Å². The van der Waals surface area contributed by atoms with Gasteiger partial charge in [0.1, 0.15) is 0 Å². The molecule has 18 heavy (non-hydrogen) atoms. The molecule has 1 aromatic carbocycles. The minimum Gasteiger partial charge on any atom is -0.293 e. The van der Waals surface area contributed by atoms with Crippen molar-refractivity contribution in [1.82, 2.24) is 9.80 Å². The molecule has 2 fully saturated rings. The van der Waals surface area contributed by atoms with Crippen LogP contribution in [0.5, 0.6) is 0 Å². The first-order valence-electron chi connectivity index (χ1n) is 6.17. The topological polar surface area (TPSA) is 40.2 Å². The molecule has 4 heteroatoms. The van der Waals surface area contributed by atoms with E-state index in [9.17, 15) is 9.59 Å². The van der Waals surface area contributed by atoms with Gasteiger partial charge < -0.3 is 0 Å². The summed E-state index contributed by atoms with van der Waals surface area (Å²) in [5, 5.41) is 0. The van der Waals surface area contributed by atoms with Crippen LogP contribution in [0.3, 0.4) is 0 Å². The van der Waals surface area contributed by atoms with Gasteiger partial charge in [0.15, 0.2) is 11.6 Å². The Kier molecular flexibility index (Phi) is 2.57. The van der Waals surface area contributed by atoms with Crippen molar-refractivity contribution in [2.75, 3.05) is 27.2 Å². The fourth-order valence-electron chi connectivity index (χ4n) is 2.23. The number of nitrogens with zero attached hydrogens (tertiary/aromatic N) is 2. The summed E-state index contributed by atoms with van der Waals surface area (Å²) >= 11 is 0. The third kappa shape index (κ3) is 1.98. The van der Waals surface area contributed by atoms with E-state index in [4.69, 9.17) is 0 Å². The zero-order chi connectivity index (χ0) is 12.9. The molecule has 0 saturated carbocycles. The maximum absolute atomic E-state index is 12.1. The second kappa shape index (κ2) is 4.00. The van der Waals surface area contributed by atoms with Crippen LogP contribution in [0.1, 0.15) is 20.7 Å². The van der Waals surface area contributed by atoms with E-state index in [2.05, 4.69) is 0 Å². The van der Waals surface area contributed by atoms with Gasteiger partial charge in [-0.05, 0) is 20.2 Å². The number of hydrogen-bond donors (Lipinski definition) is 0. The Balaban J connectivity index is 1.80. The van der Waals surface area contributed by atoms with Gasteiger partial charge in [0.05, 0.1) is 12.1 Å². The normalized spacial score (nSPS) is 33.0. The van der Waals surface area contributed by atoms with Crippen molar-refractivity contribution in [2.24, 2.45) is 0 Å². The lowest BCUT2D eigenvalue weighted by Crippen LogP contribution is -2.14. The van der Waals surface area contributed by atoms with Crippen molar-refractivity contribution in [3.63, 3.8) is 0 Å². The van der Waals surface area contributed by atoms with E-state index in [1.807, 2.05) is 23.9 Å². The van der Waals surface area contributed by atoms with Gasteiger partial charge in [-0.25, -0.2) is 0 Å². The molecule has 1 aromatic rings. The molecule has 4 nitrogen and oxygen atoms in total. The first-order chi connectivity index (χ1) is 8.58. The van der Waals surface area contributed by atoms with Crippen molar-refractivity contribution < 1.29 is 9.59 Å². The van der Waals surface area contributed by atoms with Gasteiger partial charge in [-0.3, -0.25) is 19.4 Å². The third-order valence-corrected chi connectivity index (χ3v) is 3.76. The zero-order valence-electron chi connectivity index (χ0n) is 10.6. The van der Waals surface area contributed by atoms with Gasteiger partial charge >= 0.3 is 0 Å². The van der Waals surface area contributed by atoms with Crippen LogP contribution < -0.4 is 0 Å². The summed E-state index contributed by atoms with van der Waals surface area (Å²) in [6, 6.07) is 7.15. The third-order valence-electron chi connectivity index (χ3n) is 3.76. The van der Waals surface area contributed by atoms with E-state index in [1.54, 1.807) is 24.3 Å². The van der Waals surface area contributed by atoms with Crippen LogP contribution in [0.25, 0.3) is 0 Å². The number of likely N-dealkylation sites (N-methyl/N-ethyl adjacent to an activating group) is 2. The molecule has 2 aliphatic heterocycles. The van der Waals surface area contributed by atoms with Gasteiger partial charge in [-0.1, -0.05) is 18.2 Å². The Morgan fingerprint density at radius 1 is 1.00 bits per heavy atom. The van der Waals surface area contributed by atoms with Crippen molar-refractivity contribution in [1.29, 1.82) is 0 Å². The fourth-order valence-corrected chi connectivity index (χ4v) is 2.23. The SMILES string of the molecule is CN1CC1C(=O)c1cccc(C(=O)C2CN2C)c1. The van der Waals surface area contributed by atoms with Gasteiger partial charge in [-0.2, -0.15) is 0 Å². The maximum atomic E-state index is 12.1. The molecule has 0 aliphatic carbocycles. The van der Waals surface area contributed by atoms with E-state index in [0.717, 1.165) is 13.1 Å². The molecule has 2 aliphatic rings. The second-order valence-electron chi connectivity index (χ2n) is 5.22. The van der Waals surface area contributed by atoms with E-state index in [0.29, 0.717) is 11.1 Å². The summed E-state index contributed by atoms with van der Waals surface area (Å²) in [4.78, 5) is 28.1. The lowest BCUT2D eigenvalue weighted by atomic mass is 10.0. The molecule has 0 bridgehead atoms. The Hall–Kier alpha value is -1.52. The van der Waals surface area contributed by atoms with Crippen molar-refractivity contribution in [3.8, 4) is 0 Å². The van der Waals surface area contributed by atoms with Crippen LogP contribution in [0.15, 0.2) is 24.3 Å². The van der Waals surface area contributed by atoms with Crippen LogP contribution in [0.4, 0.5) is 0 Å². The van der Waals surface area contributed by atoms with Crippen LogP contribution in [0.2, 0.25) is 0 Å². The number of hydrogen-bond acceptors (Lipinski definition) is 4. The highest BCUT2D eigenvalue weighted by Gasteiger charge is 2.39. The van der Waals surface area contributed by atoms with Crippen LogP contribution >= 0.6 is 0 Å². The average Bonchev–Trinajstić information content (AvgIpc) is 3.27. The average molecular weight is 244 g/mol. The predicted octanol–water partition coefficient (Wildman–Crippen LogP) is 0.680. The van der Waals surface area contributed by atoms with E-state index >= 15 is 0 Å². The smallest absolute Gasteiger partial charge is 0.181 e. The quantitative estimate of drug-likeness (QED) is 0.577. The molecule has 0 spiro atoms. The van der Waals surface area contributed by atoms with Crippen LogP contribution in [-0.2, 0) is 0 Å². The largest absolute Gasteiger partial charge is 0.293 e. The number of carbonyl (C=O) groups is 2. The summed E-state index contributed by atoms with van der Waals surface area (Å²) < 4.78 is 0. The Morgan fingerprint density at radius 2 is 1.39 bits per heavy atom. The van der Waals surface area contributed by atoms with Gasteiger partial charge in [-0.15, -0.1) is 0 Å². The van der Waals surface area contributed by atoms with E-state index < -0.39 is 0 Å². The number of benzene rings is 1. The van der Waals surface area contributed by atoms with Crippen LogP contribution in [0, 0.1) is 0 Å². The number of Topliss-reactive ketones (excluding diaryl/α,β-unsaturated/α-hetero) is 2. The Labute approximate surface area is 106 Å². The number of carbonyl (C=O) groups excluding carboxylic acids is 2. The highest BCUT2D eigenvalue weighted by atomic mass is 16.1. The van der Waals surface area contributed by atoms with Crippen molar-refractivity contribution >= 4 is 11.6 Å². The summed E-state index contributed by atoms with van der Waals surface area (Å²) in [6.07, 6.45) is 0. The highest BCUT2D eigenvalue weighted by molar-refractivity contribution is 6.06. The molecular weight excluding hydrogens is 228 g/mol.